The van der Waals surface area contributed by atoms with Crippen LogP contribution in [0.2, 0.25) is 0 Å². The van der Waals surface area contributed by atoms with E-state index in [1.54, 1.807) is 6.07 Å². The number of benzene rings is 1. The van der Waals surface area contributed by atoms with Gasteiger partial charge < -0.3 is 22.3 Å². The van der Waals surface area contributed by atoms with Gasteiger partial charge in [0.1, 0.15) is 0 Å². The Hall–Kier alpha value is -2.08. The highest BCUT2D eigenvalue weighted by Gasteiger charge is 2.27. The summed E-state index contributed by atoms with van der Waals surface area (Å²) < 4.78 is 0. The second-order valence-electron chi connectivity index (χ2n) is 4.26. The van der Waals surface area contributed by atoms with Gasteiger partial charge in [-0.2, -0.15) is 4.99 Å². The van der Waals surface area contributed by atoms with Crippen LogP contribution in [0.25, 0.3) is 0 Å². The van der Waals surface area contributed by atoms with Gasteiger partial charge in [0.15, 0.2) is 5.96 Å². The van der Waals surface area contributed by atoms with Crippen molar-refractivity contribution in [2.75, 3.05) is 0 Å². The average Bonchev–Trinajstić information content (AvgIpc) is 2.37. The van der Waals surface area contributed by atoms with Gasteiger partial charge in [-0.05, 0) is 18.9 Å². The molecule has 0 bridgehead atoms. The van der Waals surface area contributed by atoms with Gasteiger partial charge in [-0.1, -0.05) is 32.0 Å². The van der Waals surface area contributed by atoms with Crippen molar-refractivity contribution in [3.8, 4) is 0 Å². The first-order valence-corrected chi connectivity index (χ1v) is 6.18. The average molecular weight is 263 g/mol. The third-order valence-electron chi connectivity index (χ3n) is 3.05. The molecule has 7 N–H and O–H groups in total. The molecule has 0 atom stereocenters. The number of hydrogen-bond acceptors (Lipinski definition) is 2. The number of aliphatic hydroxyl groups is 1. The maximum absolute atomic E-state index is 10.6. The molecule has 1 aromatic carbocycles. The smallest absolute Gasteiger partial charge is 0.223 e. The lowest BCUT2D eigenvalue weighted by atomic mass is 9.87. The maximum Gasteiger partial charge on any atom is 0.223 e. The summed E-state index contributed by atoms with van der Waals surface area (Å²) in [5.41, 5.74) is 16.5. The van der Waals surface area contributed by atoms with Crippen molar-refractivity contribution in [1.29, 1.82) is 0 Å². The summed E-state index contributed by atoms with van der Waals surface area (Å²) in [4.78, 5) is 7.81. The van der Waals surface area contributed by atoms with Crippen molar-refractivity contribution in [2.45, 2.75) is 32.3 Å². The van der Waals surface area contributed by atoms with Crippen molar-refractivity contribution in [3.63, 3.8) is 0 Å². The zero-order valence-corrected chi connectivity index (χ0v) is 11.3. The number of nitrogens with two attached hydrogens (primary N) is 3. The Morgan fingerprint density at radius 1 is 1.16 bits per heavy atom. The summed E-state index contributed by atoms with van der Waals surface area (Å²) in [7, 11) is 0. The molecular weight excluding hydrogens is 242 g/mol. The summed E-state index contributed by atoms with van der Waals surface area (Å²) in [6, 6.07) is 7.26. The number of aliphatic imine (C=N–C) groups is 2. The Kier molecular flexibility index (Phi) is 4.88. The van der Waals surface area contributed by atoms with E-state index in [-0.39, 0.29) is 11.9 Å². The fourth-order valence-corrected chi connectivity index (χ4v) is 1.88. The Bertz CT molecular complexity index is 488. The molecule has 0 spiro atoms. The van der Waals surface area contributed by atoms with E-state index in [4.69, 9.17) is 17.2 Å². The molecule has 0 fully saturated rings. The number of nitrogens with zero attached hydrogens (tertiary/aromatic N) is 2. The predicted molar refractivity (Wildman–Crippen MR) is 78.0 cm³/mol. The van der Waals surface area contributed by atoms with Crippen LogP contribution >= 0.6 is 0 Å². The van der Waals surface area contributed by atoms with Crippen LogP contribution in [-0.4, -0.2) is 17.0 Å². The predicted octanol–water partition coefficient (Wildman–Crippen LogP) is 0.914. The number of para-hydroxylation sites is 1. The first kappa shape index (κ1) is 15.0. The van der Waals surface area contributed by atoms with Crippen molar-refractivity contribution in [1.82, 2.24) is 0 Å². The first-order chi connectivity index (χ1) is 8.92. The minimum Gasteiger partial charge on any atom is -0.385 e. The SMILES string of the molecule is CCC(O)(CC)c1ccccc1N=C(N)N=C(N)N. The van der Waals surface area contributed by atoms with Gasteiger partial charge in [-0.25, -0.2) is 4.99 Å². The van der Waals surface area contributed by atoms with Crippen LogP contribution in [0.4, 0.5) is 5.69 Å². The zero-order valence-electron chi connectivity index (χ0n) is 11.3. The van der Waals surface area contributed by atoms with E-state index in [2.05, 4.69) is 9.98 Å². The third kappa shape index (κ3) is 3.69. The molecule has 19 heavy (non-hydrogen) atoms. The highest BCUT2D eigenvalue weighted by molar-refractivity contribution is 5.93. The van der Waals surface area contributed by atoms with Crippen LogP contribution in [0.15, 0.2) is 34.3 Å². The van der Waals surface area contributed by atoms with Crippen LogP contribution in [-0.2, 0) is 5.60 Å². The van der Waals surface area contributed by atoms with Gasteiger partial charge in [0.2, 0.25) is 5.96 Å². The number of hydrogen-bond donors (Lipinski definition) is 4. The van der Waals surface area contributed by atoms with Gasteiger partial charge in [0.25, 0.3) is 0 Å². The van der Waals surface area contributed by atoms with Crippen LogP contribution < -0.4 is 17.2 Å². The Labute approximate surface area is 113 Å². The van der Waals surface area contributed by atoms with Gasteiger partial charge in [-0.15, -0.1) is 0 Å². The molecule has 0 saturated heterocycles. The van der Waals surface area contributed by atoms with E-state index in [1.165, 1.54) is 0 Å². The molecule has 0 aliphatic heterocycles. The largest absolute Gasteiger partial charge is 0.385 e. The summed E-state index contributed by atoms with van der Waals surface area (Å²) >= 11 is 0. The second kappa shape index (κ2) is 6.19. The van der Waals surface area contributed by atoms with Gasteiger partial charge in [0, 0.05) is 5.56 Å². The molecule has 0 amide bonds. The quantitative estimate of drug-likeness (QED) is 0.476. The number of guanidine groups is 2. The lowest BCUT2D eigenvalue weighted by Gasteiger charge is -2.27. The lowest BCUT2D eigenvalue weighted by Crippen LogP contribution is -2.26. The van der Waals surface area contributed by atoms with E-state index in [1.807, 2.05) is 32.0 Å². The monoisotopic (exact) mass is 263 g/mol. The van der Waals surface area contributed by atoms with Gasteiger partial charge >= 0.3 is 0 Å². The minimum atomic E-state index is -0.932. The van der Waals surface area contributed by atoms with Crippen LogP contribution in [0.5, 0.6) is 0 Å². The summed E-state index contributed by atoms with van der Waals surface area (Å²) in [5, 5.41) is 10.6. The van der Waals surface area contributed by atoms with Crippen LogP contribution in [0.3, 0.4) is 0 Å². The van der Waals surface area contributed by atoms with E-state index in [0.717, 1.165) is 0 Å². The van der Waals surface area contributed by atoms with Crippen molar-refractivity contribution in [2.24, 2.45) is 27.2 Å². The maximum atomic E-state index is 10.6. The Morgan fingerprint density at radius 3 is 2.26 bits per heavy atom. The minimum absolute atomic E-state index is 0.0398. The molecule has 0 radical (unpaired) electrons. The van der Waals surface area contributed by atoms with E-state index in [9.17, 15) is 5.11 Å². The molecule has 0 aliphatic carbocycles. The molecule has 0 heterocycles. The molecular formula is C13H21N5O. The van der Waals surface area contributed by atoms with Crippen LogP contribution in [0, 0.1) is 0 Å². The molecule has 6 nitrogen and oxygen atoms in total. The molecule has 0 aliphatic rings. The van der Waals surface area contributed by atoms with E-state index >= 15 is 0 Å². The molecule has 6 heteroatoms. The fourth-order valence-electron chi connectivity index (χ4n) is 1.88. The number of rotatable bonds is 4. The Balaban J connectivity index is 3.27. The summed E-state index contributed by atoms with van der Waals surface area (Å²) in [6.07, 6.45) is 1.16. The van der Waals surface area contributed by atoms with Crippen molar-refractivity contribution >= 4 is 17.6 Å². The Morgan fingerprint density at radius 2 is 1.74 bits per heavy atom. The molecule has 0 aromatic heterocycles. The molecule has 0 saturated carbocycles. The molecule has 1 rings (SSSR count). The topological polar surface area (TPSA) is 123 Å². The molecule has 1 aromatic rings. The van der Waals surface area contributed by atoms with E-state index < -0.39 is 5.60 Å². The normalized spacial score (nSPS) is 12.3. The highest BCUT2D eigenvalue weighted by Crippen LogP contribution is 2.35. The molecule has 0 unspecified atom stereocenters. The van der Waals surface area contributed by atoms with Crippen LogP contribution in [0.1, 0.15) is 32.3 Å². The van der Waals surface area contributed by atoms with Gasteiger partial charge in [0.05, 0.1) is 11.3 Å². The van der Waals surface area contributed by atoms with E-state index in [0.29, 0.717) is 24.1 Å². The second-order valence-corrected chi connectivity index (χ2v) is 4.26. The van der Waals surface area contributed by atoms with Gasteiger partial charge in [-0.3, -0.25) is 0 Å². The standard InChI is InChI=1S/C13H21N5O/c1-3-13(19,4-2)9-7-5-6-8-10(9)17-12(16)18-11(14)15/h5-8,19H,3-4H2,1-2H3,(H6,14,15,16,17,18). The third-order valence-corrected chi connectivity index (χ3v) is 3.05. The summed E-state index contributed by atoms with van der Waals surface area (Å²) in [5.74, 6) is -0.193. The van der Waals surface area contributed by atoms with Crippen molar-refractivity contribution < 1.29 is 5.11 Å². The zero-order chi connectivity index (χ0) is 14.5. The van der Waals surface area contributed by atoms with Crippen molar-refractivity contribution in [3.05, 3.63) is 29.8 Å². The highest BCUT2D eigenvalue weighted by atomic mass is 16.3. The molecule has 104 valence electrons. The first-order valence-electron chi connectivity index (χ1n) is 6.18. The summed E-state index contributed by atoms with van der Waals surface area (Å²) in [6.45, 7) is 3.84. The fraction of sp³-hybridized carbons (Fsp3) is 0.385. The lowest BCUT2D eigenvalue weighted by molar-refractivity contribution is 0.0290.